The van der Waals surface area contributed by atoms with Crippen LogP contribution in [-0.4, -0.2) is 0 Å². The van der Waals surface area contributed by atoms with Crippen LogP contribution in [0, 0.1) is 0 Å². The molecule has 0 fully saturated rings. The Morgan fingerprint density at radius 2 is 1.44 bits per heavy atom. The van der Waals surface area contributed by atoms with Crippen LogP contribution in [0.2, 0.25) is 0 Å². The third-order valence-electron chi connectivity index (χ3n) is 2.13. The summed E-state index contributed by atoms with van der Waals surface area (Å²) in [5.74, 6) is 0. The van der Waals surface area contributed by atoms with E-state index in [4.69, 9.17) is 5.73 Å². The molecule has 0 saturated carbocycles. The summed E-state index contributed by atoms with van der Waals surface area (Å²) in [5.41, 5.74) is 7.40. The third-order valence-corrected chi connectivity index (χ3v) is 2.13. The van der Waals surface area contributed by atoms with E-state index in [1.165, 1.54) is 6.20 Å². The zero-order valence-electron chi connectivity index (χ0n) is 10.3. The van der Waals surface area contributed by atoms with Crippen molar-refractivity contribution >= 4 is 11.8 Å². The maximum Gasteiger partial charge on any atom is 0.0379 e. The van der Waals surface area contributed by atoms with Gasteiger partial charge in [-0.3, -0.25) is 0 Å². The first-order valence-corrected chi connectivity index (χ1v) is 5.72. The molecule has 0 unspecified atom stereocenters. The average molecular weight is 238 g/mol. The van der Waals surface area contributed by atoms with Crippen LogP contribution >= 0.6 is 0 Å². The second kappa shape index (κ2) is 8.65. The smallest absolute Gasteiger partial charge is 0.0379 e. The van der Waals surface area contributed by atoms with E-state index < -0.39 is 0 Å². The van der Waals surface area contributed by atoms with Crippen LogP contribution in [0.5, 0.6) is 0 Å². The van der Waals surface area contributed by atoms with Crippen LogP contribution < -0.4 is 11.1 Å². The zero-order valence-corrected chi connectivity index (χ0v) is 10.3. The third kappa shape index (κ3) is 5.56. The fraction of sp³-hybridized carbons (Fsp3) is 0. The van der Waals surface area contributed by atoms with Crippen molar-refractivity contribution in [3.05, 3.63) is 85.2 Å². The van der Waals surface area contributed by atoms with E-state index in [1.807, 2.05) is 66.7 Å². The highest BCUT2D eigenvalue weighted by atomic mass is 14.8. The fourth-order valence-electron chi connectivity index (χ4n) is 1.33. The second-order valence-corrected chi connectivity index (χ2v) is 3.48. The molecule has 18 heavy (non-hydrogen) atoms. The molecule has 2 aromatic carbocycles. The molecule has 92 valence electrons. The Balaban J connectivity index is 0.000000180. The molecule has 0 bridgehead atoms. The molecule has 0 aromatic heterocycles. The van der Waals surface area contributed by atoms with Gasteiger partial charge in [0, 0.05) is 5.69 Å². The van der Waals surface area contributed by atoms with Gasteiger partial charge in [-0.15, -0.1) is 0 Å². The molecule has 2 heteroatoms. The van der Waals surface area contributed by atoms with Gasteiger partial charge in [0.2, 0.25) is 0 Å². The molecule has 0 amide bonds. The SMILES string of the molecule is C=CNc1ccccc1.NC=Cc1ccccc1. The van der Waals surface area contributed by atoms with E-state index in [1.54, 1.807) is 6.20 Å². The molecule has 0 atom stereocenters. The molecular formula is C16H18N2. The maximum atomic E-state index is 5.18. The van der Waals surface area contributed by atoms with Gasteiger partial charge in [0.25, 0.3) is 0 Å². The quantitative estimate of drug-likeness (QED) is 0.852. The average Bonchev–Trinajstić information content (AvgIpc) is 2.43. The van der Waals surface area contributed by atoms with Crippen molar-refractivity contribution in [3.8, 4) is 0 Å². The van der Waals surface area contributed by atoms with Crippen LogP contribution in [0.4, 0.5) is 5.69 Å². The Kier molecular flexibility index (Phi) is 6.53. The minimum Gasteiger partial charge on any atom is -0.405 e. The van der Waals surface area contributed by atoms with Gasteiger partial charge < -0.3 is 11.1 Å². The van der Waals surface area contributed by atoms with E-state index >= 15 is 0 Å². The van der Waals surface area contributed by atoms with Crippen molar-refractivity contribution in [2.45, 2.75) is 0 Å². The van der Waals surface area contributed by atoms with E-state index in [0.29, 0.717) is 0 Å². The monoisotopic (exact) mass is 238 g/mol. The summed E-state index contributed by atoms with van der Waals surface area (Å²) in [6.45, 7) is 3.54. The number of nitrogens with one attached hydrogen (secondary N) is 1. The lowest BCUT2D eigenvalue weighted by Gasteiger charge is -1.95. The summed E-state index contributed by atoms with van der Waals surface area (Å²) in [7, 11) is 0. The van der Waals surface area contributed by atoms with Gasteiger partial charge in [0.1, 0.15) is 0 Å². The molecule has 0 aliphatic rings. The van der Waals surface area contributed by atoms with Crippen molar-refractivity contribution in [2.24, 2.45) is 5.73 Å². The van der Waals surface area contributed by atoms with Gasteiger partial charge in [-0.2, -0.15) is 0 Å². The number of benzene rings is 2. The Morgan fingerprint density at radius 1 is 0.889 bits per heavy atom. The molecule has 0 spiro atoms. The minimum atomic E-state index is 1.08. The van der Waals surface area contributed by atoms with Gasteiger partial charge in [-0.25, -0.2) is 0 Å². The first-order valence-electron chi connectivity index (χ1n) is 5.72. The Labute approximate surface area is 108 Å². The van der Waals surface area contributed by atoms with Crippen LogP contribution in [-0.2, 0) is 0 Å². The zero-order chi connectivity index (χ0) is 13.1. The Bertz CT molecular complexity index is 461. The number of hydrogen-bond acceptors (Lipinski definition) is 2. The summed E-state index contributed by atoms with van der Waals surface area (Å²) in [4.78, 5) is 0. The molecule has 0 saturated heterocycles. The van der Waals surface area contributed by atoms with Crippen LogP contribution in [0.15, 0.2) is 79.6 Å². The number of anilines is 1. The number of rotatable bonds is 3. The molecule has 3 N–H and O–H groups in total. The molecule has 0 radical (unpaired) electrons. The molecule has 0 aliphatic carbocycles. The predicted octanol–water partition coefficient (Wildman–Crippen LogP) is 3.86. The van der Waals surface area contributed by atoms with Crippen LogP contribution in [0.3, 0.4) is 0 Å². The van der Waals surface area contributed by atoms with Crippen molar-refractivity contribution in [2.75, 3.05) is 5.32 Å². The van der Waals surface area contributed by atoms with Crippen molar-refractivity contribution in [1.29, 1.82) is 0 Å². The van der Waals surface area contributed by atoms with Gasteiger partial charge >= 0.3 is 0 Å². The standard InChI is InChI=1S/2C8H9N/c1-2-9-8-6-4-3-5-7-8;9-7-6-8-4-2-1-3-5-8/h2-7,9H,1H2;1-7H,9H2. The lowest BCUT2D eigenvalue weighted by Crippen LogP contribution is -1.82. The number of para-hydroxylation sites is 1. The van der Waals surface area contributed by atoms with Crippen LogP contribution in [0.1, 0.15) is 5.56 Å². The Morgan fingerprint density at radius 3 is 1.94 bits per heavy atom. The van der Waals surface area contributed by atoms with Gasteiger partial charge in [0.05, 0.1) is 0 Å². The van der Waals surface area contributed by atoms with E-state index in [9.17, 15) is 0 Å². The van der Waals surface area contributed by atoms with Gasteiger partial charge in [-0.05, 0) is 36.2 Å². The fourth-order valence-corrected chi connectivity index (χ4v) is 1.33. The summed E-state index contributed by atoms with van der Waals surface area (Å²) in [6, 6.07) is 19.9. The largest absolute Gasteiger partial charge is 0.405 e. The number of nitrogens with two attached hydrogens (primary N) is 1. The lowest BCUT2D eigenvalue weighted by molar-refractivity contribution is 1.60. The molecule has 2 aromatic rings. The highest BCUT2D eigenvalue weighted by Gasteiger charge is 1.79. The minimum absolute atomic E-state index is 1.08. The van der Waals surface area contributed by atoms with E-state index in [-0.39, 0.29) is 0 Å². The summed E-state index contributed by atoms with van der Waals surface area (Å²) < 4.78 is 0. The topological polar surface area (TPSA) is 38.0 Å². The predicted molar refractivity (Wildman–Crippen MR) is 79.9 cm³/mol. The van der Waals surface area contributed by atoms with E-state index in [2.05, 4.69) is 11.9 Å². The summed E-state index contributed by atoms with van der Waals surface area (Å²) >= 11 is 0. The summed E-state index contributed by atoms with van der Waals surface area (Å²) in [5, 5.41) is 2.97. The van der Waals surface area contributed by atoms with Crippen molar-refractivity contribution in [1.82, 2.24) is 0 Å². The molecule has 2 nitrogen and oxygen atoms in total. The van der Waals surface area contributed by atoms with Crippen molar-refractivity contribution < 1.29 is 0 Å². The van der Waals surface area contributed by atoms with Gasteiger partial charge in [-0.1, -0.05) is 55.1 Å². The van der Waals surface area contributed by atoms with E-state index in [0.717, 1.165) is 11.3 Å². The first kappa shape index (κ1) is 13.6. The number of hydrogen-bond donors (Lipinski definition) is 2. The molecular weight excluding hydrogens is 220 g/mol. The lowest BCUT2D eigenvalue weighted by atomic mass is 10.2. The summed E-state index contributed by atoms with van der Waals surface area (Å²) in [6.07, 6.45) is 5.06. The highest BCUT2D eigenvalue weighted by molar-refractivity contribution is 5.47. The highest BCUT2D eigenvalue weighted by Crippen LogP contribution is 2.03. The normalized spacial score (nSPS) is 9.33. The maximum absolute atomic E-state index is 5.18. The molecule has 2 rings (SSSR count). The van der Waals surface area contributed by atoms with Crippen LogP contribution in [0.25, 0.3) is 6.08 Å². The molecule has 0 heterocycles. The Hall–Kier alpha value is -2.48. The van der Waals surface area contributed by atoms with Gasteiger partial charge in [0.15, 0.2) is 0 Å². The first-order chi connectivity index (χ1) is 8.86. The molecule has 0 aliphatic heterocycles. The second-order valence-electron chi connectivity index (χ2n) is 3.48. The van der Waals surface area contributed by atoms with Crippen molar-refractivity contribution in [3.63, 3.8) is 0 Å².